The lowest BCUT2D eigenvalue weighted by Gasteiger charge is -2.36. The van der Waals surface area contributed by atoms with E-state index in [0.29, 0.717) is 5.82 Å². The Balaban J connectivity index is 2.24. The molecule has 1 heterocycles. The van der Waals surface area contributed by atoms with Gasteiger partial charge >= 0.3 is 5.69 Å². The molecule has 7 heteroatoms. The molecule has 1 saturated carbocycles. The van der Waals surface area contributed by atoms with Crippen molar-refractivity contribution in [2.75, 3.05) is 11.4 Å². The molecule has 0 unspecified atom stereocenters. The smallest absolute Gasteiger partial charge is 0.342 e. The molecule has 2 rings (SSSR count). The minimum atomic E-state index is -0.573. The standard InChI is InChI=1S/C12H21N5O2/c1-2-7-17(9-5-3-8(13)4-6-9)10-11(18)14-12(19)16-15-10/h8-9H,2-7,13H2,1H3,(H2,14,16,18,19). The van der Waals surface area contributed by atoms with E-state index in [1.165, 1.54) is 0 Å². The van der Waals surface area contributed by atoms with Gasteiger partial charge in [0.25, 0.3) is 5.56 Å². The predicted octanol–water partition coefficient (Wildman–Crippen LogP) is -0.0555. The number of H-pyrrole nitrogens is 2. The Labute approximate surface area is 111 Å². The zero-order valence-electron chi connectivity index (χ0n) is 11.2. The Hall–Kier alpha value is -1.63. The molecule has 1 aromatic heterocycles. The van der Waals surface area contributed by atoms with E-state index in [4.69, 9.17) is 5.73 Å². The third kappa shape index (κ3) is 3.23. The highest BCUT2D eigenvalue weighted by atomic mass is 16.2. The van der Waals surface area contributed by atoms with E-state index >= 15 is 0 Å². The molecule has 0 bridgehead atoms. The second-order valence-electron chi connectivity index (χ2n) is 5.09. The molecule has 1 aliphatic rings. The van der Waals surface area contributed by atoms with Gasteiger partial charge in [0, 0.05) is 18.6 Å². The van der Waals surface area contributed by atoms with Crippen LogP contribution in [0.2, 0.25) is 0 Å². The Morgan fingerprint density at radius 1 is 1.32 bits per heavy atom. The van der Waals surface area contributed by atoms with E-state index in [1.807, 2.05) is 4.90 Å². The lowest BCUT2D eigenvalue weighted by Crippen LogP contribution is -2.45. The lowest BCUT2D eigenvalue weighted by atomic mass is 9.90. The Bertz CT molecular complexity index is 515. The van der Waals surface area contributed by atoms with Gasteiger partial charge in [-0.25, -0.2) is 9.89 Å². The molecule has 106 valence electrons. The molecule has 1 fully saturated rings. The SMILES string of the molecule is CCCN(c1n[nH]c(=O)[nH]c1=O)C1CCC(N)CC1. The van der Waals surface area contributed by atoms with Crippen LogP contribution in [0.15, 0.2) is 9.59 Å². The van der Waals surface area contributed by atoms with Crippen LogP contribution in [0.4, 0.5) is 5.82 Å². The van der Waals surface area contributed by atoms with Gasteiger partial charge in [-0.3, -0.25) is 9.78 Å². The van der Waals surface area contributed by atoms with Crippen LogP contribution in [-0.2, 0) is 0 Å². The van der Waals surface area contributed by atoms with Crippen molar-refractivity contribution in [2.24, 2.45) is 5.73 Å². The first kappa shape index (κ1) is 13.8. The monoisotopic (exact) mass is 267 g/mol. The maximum Gasteiger partial charge on any atom is 0.342 e. The normalized spacial score (nSPS) is 23.3. The average molecular weight is 267 g/mol. The van der Waals surface area contributed by atoms with Crippen molar-refractivity contribution in [1.29, 1.82) is 0 Å². The number of anilines is 1. The van der Waals surface area contributed by atoms with E-state index < -0.39 is 11.2 Å². The van der Waals surface area contributed by atoms with E-state index in [9.17, 15) is 9.59 Å². The summed E-state index contributed by atoms with van der Waals surface area (Å²) < 4.78 is 0. The molecule has 1 aliphatic carbocycles. The quantitative estimate of drug-likeness (QED) is 0.708. The highest BCUT2D eigenvalue weighted by Crippen LogP contribution is 2.24. The van der Waals surface area contributed by atoms with Crippen molar-refractivity contribution in [3.63, 3.8) is 0 Å². The number of hydrogen-bond donors (Lipinski definition) is 3. The molecule has 7 nitrogen and oxygen atoms in total. The number of nitrogens with two attached hydrogens (primary N) is 1. The van der Waals surface area contributed by atoms with Gasteiger partial charge in [-0.05, 0) is 32.1 Å². The molecule has 0 saturated heterocycles. The van der Waals surface area contributed by atoms with Crippen molar-refractivity contribution >= 4 is 5.82 Å². The number of aromatic amines is 2. The molecule has 0 atom stereocenters. The van der Waals surface area contributed by atoms with Crippen LogP contribution in [0.25, 0.3) is 0 Å². The molecule has 4 N–H and O–H groups in total. The van der Waals surface area contributed by atoms with Crippen LogP contribution >= 0.6 is 0 Å². The van der Waals surface area contributed by atoms with E-state index in [-0.39, 0.29) is 12.1 Å². The second-order valence-corrected chi connectivity index (χ2v) is 5.09. The van der Waals surface area contributed by atoms with E-state index in [0.717, 1.165) is 38.6 Å². The first-order valence-electron chi connectivity index (χ1n) is 6.83. The van der Waals surface area contributed by atoms with Crippen molar-refractivity contribution in [3.8, 4) is 0 Å². The van der Waals surface area contributed by atoms with Gasteiger partial charge in [0.05, 0.1) is 0 Å². The molecule has 0 radical (unpaired) electrons. The van der Waals surface area contributed by atoms with Crippen LogP contribution < -0.4 is 21.9 Å². The molecule has 0 aliphatic heterocycles. The molecular formula is C12H21N5O2. The fourth-order valence-electron chi connectivity index (χ4n) is 2.65. The number of nitrogens with one attached hydrogen (secondary N) is 2. The molecule has 0 spiro atoms. The first-order chi connectivity index (χ1) is 9.11. The zero-order chi connectivity index (χ0) is 13.8. The Morgan fingerprint density at radius 2 is 2.00 bits per heavy atom. The number of hydrogen-bond acceptors (Lipinski definition) is 5. The summed E-state index contributed by atoms with van der Waals surface area (Å²) in [4.78, 5) is 27.1. The number of rotatable bonds is 4. The van der Waals surface area contributed by atoms with Crippen molar-refractivity contribution in [3.05, 3.63) is 20.8 Å². The first-order valence-corrected chi connectivity index (χ1v) is 6.83. The molecule has 1 aromatic rings. The van der Waals surface area contributed by atoms with Crippen LogP contribution in [0.5, 0.6) is 0 Å². The predicted molar refractivity (Wildman–Crippen MR) is 73.3 cm³/mol. The van der Waals surface area contributed by atoms with Crippen molar-refractivity contribution in [2.45, 2.75) is 51.1 Å². The van der Waals surface area contributed by atoms with E-state index in [2.05, 4.69) is 22.1 Å². The molecule has 0 aromatic carbocycles. The maximum absolute atomic E-state index is 11.9. The fourth-order valence-corrected chi connectivity index (χ4v) is 2.65. The fraction of sp³-hybridized carbons (Fsp3) is 0.750. The van der Waals surface area contributed by atoms with Crippen LogP contribution in [0.1, 0.15) is 39.0 Å². The van der Waals surface area contributed by atoms with Gasteiger partial charge in [0.2, 0.25) is 5.82 Å². The van der Waals surface area contributed by atoms with Crippen molar-refractivity contribution < 1.29 is 0 Å². The minimum Gasteiger partial charge on any atom is -0.348 e. The highest BCUT2D eigenvalue weighted by molar-refractivity contribution is 5.35. The van der Waals surface area contributed by atoms with Gasteiger partial charge in [-0.1, -0.05) is 6.92 Å². The third-order valence-electron chi connectivity index (χ3n) is 3.61. The molecular weight excluding hydrogens is 246 g/mol. The van der Waals surface area contributed by atoms with E-state index in [1.54, 1.807) is 0 Å². The third-order valence-corrected chi connectivity index (χ3v) is 3.61. The number of nitrogens with zero attached hydrogens (tertiary/aromatic N) is 2. The summed E-state index contributed by atoms with van der Waals surface area (Å²) in [5, 5.41) is 6.20. The highest BCUT2D eigenvalue weighted by Gasteiger charge is 2.26. The van der Waals surface area contributed by atoms with Crippen LogP contribution in [-0.4, -0.2) is 33.8 Å². The second kappa shape index (κ2) is 6.01. The maximum atomic E-state index is 11.9. The Morgan fingerprint density at radius 3 is 2.58 bits per heavy atom. The van der Waals surface area contributed by atoms with Gasteiger partial charge in [0.1, 0.15) is 0 Å². The van der Waals surface area contributed by atoms with Gasteiger partial charge in [-0.2, -0.15) is 0 Å². The number of aromatic nitrogens is 3. The summed E-state index contributed by atoms with van der Waals surface area (Å²) in [6, 6.07) is 0.542. The average Bonchev–Trinajstić information content (AvgIpc) is 2.38. The summed E-state index contributed by atoms with van der Waals surface area (Å²) in [7, 11) is 0. The Kier molecular flexibility index (Phi) is 4.36. The summed E-state index contributed by atoms with van der Waals surface area (Å²) in [5.41, 5.74) is 4.91. The molecule has 0 amide bonds. The summed E-state index contributed by atoms with van der Waals surface area (Å²) in [5.74, 6) is 0.307. The zero-order valence-corrected chi connectivity index (χ0v) is 11.2. The van der Waals surface area contributed by atoms with Crippen LogP contribution in [0, 0.1) is 0 Å². The largest absolute Gasteiger partial charge is 0.348 e. The summed E-state index contributed by atoms with van der Waals surface area (Å²) in [6.45, 7) is 2.81. The van der Waals surface area contributed by atoms with Gasteiger partial charge in [-0.15, -0.1) is 5.10 Å². The lowest BCUT2D eigenvalue weighted by molar-refractivity contribution is 0.372. The molecule has 19 heavy (non-hydrogen) atoms. The van der Waals surface area contributed by atoms with Gasteiger partial charge in [0.15, 0.2) is 0 Å². The van der Waals surface area contributed by atoms with Crippen LogP contribution in [0.3, 0.4) is 0 Å². The van der Waals surface area contributed by atoms with Crippen molar-refractivity contribution in [1.82, 2.24) is 15.2 Å². The topological polar surface area (TPSA) is 108 Å². The van der Waals surface area contributed by atoms with Gasteiger partial charge < -0.3 is 10.6 Å². The minimum absolute atomic E-state index is 0.265. The summed E-state index contributed by atoms with van der Waals surface area (Å²) >= 11 is 0. The summed E-state index contributed by atoms with van der Waals surface area (Å²) in [6.07, 6.45) is 4.77.